The molecule has 1 N–H and O–H groups in total. The quantitative estimate of drug-likeness (QED) is 0.700. The first-order chi connectivity index (χ1) is 12.9. The molecule has 3 rings (SSSR count). The fourth-order valence-corrected chi connectivity index (χ4v) is 3.42. The van der Waals surface area contributed by atoms with Crippen molar-refractivity contribution in [3.05, 3.63) is 82.6 Å². The Bertz CT molecular complexity index is 938. The topological polar surface area (TPSA) is 58.4 Å². The van der Waals surface area contributed by atoms with Crippen molar-refractivity contribution in [1.82, 2.24) is 14.7 Å². The molecule has 3 aromatic rings. The molecular formula is C21H22ClN3O2. The van der Waals surface area contributed by atoms with E-state index in [4.69, 9.17) is 11.6 Å². The molecule has 6 heteroatoms. The molecule has 0 saturated carbocycles. The lowest BCUT2D eigenvalue weighted by molar-refractivity contribution is -0.130. The molecule has 27 heavy (non-hydrogen) atoms. The fourth-order valence-electron chi connectivity index (χ4n) is 3.15. The number of phenolic OH excluding ortho intramolecular Hbond substituents is 1. The van der Waals surface area contributed by atoms with Gasteiger partial charge in [-0.15, -0.1) is 0 Å². The lowest BCUT2D eigenvalue weighted by atomic mass is 9.88. The molecule has 0 unspecified atom stereocenters. The highest BCUT2D eigenvalue weighted by Crippen LogP contribution is 2.34. The number of nitrogens with zero attached hydrogens (tertiary/aromatic N) is 3. The second kappa shape index (κ2) is 8.27. The number of hydrogen-bond acceptors (Lipinski definition) is 3. The second-order valence-corrected chi connectivity index (χ2v) is 7.05. The minimum Gasteiger partial charge on any atom is -0.508 e. The van der Waals surface area contributed by atoms with Crippen LogP contribution in [0, 0.1) is 0 Å². The van der Waals surface area contributed by atoms with Gasteiger partial charge in [0.1, 0.15) is 5.75 Å². The van der Waals surface area contributed by atoms with Crippen LogP contribution in [0.4, 0.5) is 0 Å². The maximum atomic E-state index is 12.9. The van der Waals surface area contributed by atoms with E-state index < -0.39 is 0 Å². The summed E-state index contributed by atoms with van der Waals surface area (Å²) in [6.45, 7) is 0.488. The fraction of sp³-hybridized carbons (Fsp3) is 0.238. The minimum absolute atomic E-state index is 0.00730. The van der Waals surface area contributed by atoms with E-state index in [0.29, 0.717) is 11.6 Å². The van der Waals surface area contributed by atoms with Crippen LogP contribution in [0.25, 0.3) is 0 Å². The molecule has 1 aromatic heterocycles. The van der Waals surface area contributed by atoms with Crippen LogP contribution in [-0.4, -0.2) is 32.7 Å². The van der Waals surface area contributed by atoms with Crippen molar-refractivity contribution in [2.24, 2.45) is 7.05 Å². The molecule has 1 heterocycles. The normalized spacial score (nSPS) is 12.0. The molecular weight excluding hydrogens is 362 g/mol. The predicted octanol–water partition coefficient (Wildman–Crippen LogP) is 3.96. The molecule has 0 saturated heterocycles. The van der Waals surface area contributed by atoms with Gasteiger partial charge in [-0.1, -0.05) is 41.9 Å². The van der Waals surface area contributed by atoms with E-state index >= 15 is 0 Å². The zero-order valence-electron chi connectivity index (χ0n) is 15.3. The number of aromatic nitrogens is 2. The lowest BCUT2D eigenvalue weighted by Gasteiger charge is -2.23. The molecule has 0 fully saturated rings. The Balaban J connectivity index is 1.85. The van der Waals surface area contributed by atoms with Gasteiger partial charge in [0.25, 0.3) is 0 Å². The van der Waals surface area contributed by atoms with Crippen LogP contribution in [0.3, 0.4) is 0 Å². The van der Waals surface area contributed by atoms with Gasteiger partial charge in [0.05, 0.1) is 6.20 Å². The molecule has 0 aliphatic rings. The maximum Gasteiger partial charge on any atom is 0.223 e. The molecule has 0 aliphatic heterocycles. The number of aromatic hydroxyl groups is 1. The van der Waals surface area contributed by atoms with E-state index in [1.807, 2.05) is 43.6 Å². The Kier molecular flexibility index (Phi) is 5.81. The van der Waals surface area contributed by atoms with Crippen molar-refractivity contribution in [2.75, 3.05) is 7.05 Å². The maximum absolute atomic E-state index is 12.9. The van der Waals surface area contributed by atoms with Gasteiger partial charge in [-0.25, -0.2) is 0 Å². The number of carbonyl (C=O) groups is 1. The van der Waals surface area contributed by atoms with Crippen LogP contribution < -0.4 is 0 Å². The average Bonchev–Trinajstić information content (AvgIpc) is 3.05. The molecule has 5 nitrogen and oxygen atoms in total. The first-order valence-electron chi connectivity index (χ1n) is 8.69. The summed E-state index contributed by atoms with van der Waals surface area (Å²) in [4.78, 5) is 14.6. The van der Waals surface area contributed by atoms with Crippen LogP contribution in [0.1, 0.15) is 29.0 Å². The Morgan fingerprint density at radius 2 is 2.04 bits per heavy atom. The molecule has 1 atom stereocenters. The summed E-state index contributed by atoms with van der Waals surface area (Å²) in [5.41, 5.74) is 2.69. The average molecular weight is 384 g/mol. The third-order valence-electron chi connectivity index (χ3n) is 4.54. The number of amides is 1. The predicted molar refractivity (Wildman–Crippen MR) is 106 cm³/mol. The van der Waals surface area contributed by atoms with Gasteiger partial charge in [0.15, 0.2) is 0 Å². The second-order valence-electron chi connectivity index (χ2n) is 6.65. The summed E-state index contributed by atoms with van der Waals surface area (Å²) in [6.07, 6.45) is 3.90. The first-order valence-corrected chi connectivity index (χ1v) is 9.06. The van der Waals surface area contributed by atoms with E-state index in [1.165, 1.54) is 0 Å². The standard InChI is InChI=1S/C21H22ClN3O2/c1-24(13-15-12-23-25(2)14-15)21(27)11-19(16-6-5-7-17(26)10-16)18-8-3-4-9-20(18)22/h3-10,12,14,19,26H,11,13H2,1-2H3/t19-/m0/s1. The number of hydrogen-bond donors (Lipinski definition) is 1. The number of aryl methyl sites for hydroxylation is 1. The number of carbonyl (C=O) groups excluding carboxylic acids is 1. The van der Waals surface area contributed by atoms with Gasteiger partial charge in [-0.2, -0.15) is 5.10 Å². The number of benzene rings is 2. The summed E-state index contributed by atoms with van der Waals surface area (Å²) in [6, 6.07) is 14.5. The van der Waals surface area contributed by atoms with Crippen LogP contribution in [0.2, 0.25) is 5.02 Å². The van der Waals surface area contributed by atoms with Crippen LogP contribution in [0.15, 0.2) is 60.9 Å². The Hall–Kier alpha value is -2.79. The molecule has 0 spiro atoms. The summed E-state index contributed by atoms with van der Waals surface area (Å²) in [7, 11) is 3.63. The van der Waals surface area contributed by atoms with Gasteiger partial charge in [-0.3, -0.25) is 9.48 Å². The Labute approximate surface area is 163 Å². The molecule has 0 bridgehead atoms. The lowest BCUT2D eigenvalue weighted by Crippen LogP contribution is -2.27. The van der Waals surface area contributed by atoms with Gasteiger partial charge in [0.2, 0.25) is 5.91 Å². The van der Waals surface area contributed by atoms with Gasteiger partial charge in [-0.05, 0) is 29.3 Å². The number of phenols is 1. The van der Waals surface area contributed by atoms with E-state index in [9.17, 15) is 9.90 Å². The summed E-state index contributed by atoms with van der Waals surface area (Å²) in [5, 5.41) is 14.6. The van der Waals surface area contributed by atoms with Gasteiger partial charge < -0.3 is 10.0 Å². The smallest absolute Gasteiger partial charge is 0.223 e. The highest BCUT2D eigenvalue weighted by atomic mass is 35.5. The van der Waals surface area contributed by atoms with Crippen LogP contribution in [0.5, 0.6) is 5.75 Å². The highest BCUT2D eigenvalue weighted by Gasteiger charge is 2.23. The van der Waals surface area contributed by atoms with Crippen molar-refractivity contribution < 1.29 is 9.90 Å². The summed E-state index contributed by atoms with van der Waals surface area (Å²) in [5.74, 6) is -0.0810. The minimum atomic E-state index is -0.241. The summed E-state index contributed by atoms with van der Waals surface area (Å²) >= 11 is 6.41. The number of rotatable bonds is 6. The van der Waals surface area contributed by atoms with E-state index in [0.717, 1.165) is 16.7 Å². The monoisotopic (exact) mass is 383 g/mol. The molecule has 0 radical (unpaired) electrons. The zero-order valence-corrected chi connectivity index (χ0v) is 16.1. The molecule has 2 aromatic carbocycles. The first kappa shape index (κ1) is 19.0. The summed E-state index contributed by atoms with van der Waals surface area (Å²) < 4.78 is 1.72. The molecule has 140 valence electrons. The van der Waals surface area contributed by atoms with Crippen LogP contribution in [-0.2, 0) is 18.4 Å². The Morgan fingerprint density at radius 3 is 2.70 bits per heavy atom. The van der Waals surface area contributed by atoms with Gasteiger partial charge >= 0.3 is 0 Å². The number of halogens is 1. The van der Waals surface area contributed by atoms with Crippen molar-refractivity contribution in [3.63, 3.8) is 0 Å². The molecule has 1 amide bonds. The van der Waals surface area contributed by atoms with Crippen molar-refractivity contribution in [2.45, 2.75) is 18.9 Å². The van der Waals surface area contributed by atoms with Crippen molar-refractivity contribution in [1.29, 1.82) is 0 Å². The van der Waals surface area contributed by atoms with Crippen molar-refractivity contribution in [3.8, 4) is 5.75 Å². The van der Waals surface area contributed by atoms with E-state index in [-0.39, 0.29) is 24.0 Å². The van der Waals surface area contributed by atoms with Crippen molar-refractivity contribution >= 4 is 17.5 Å². The van der Waals surface area contributed by atoms with Gasteiger partial charge in [0, 0.05) is 49.8 Å². The molecule has 0 aliphatic carbocycles. The largest absolute Gasteiger partial charge is 0.508 e. The zero-order chi connectivity index (χ0) is 19.4. The third kappa shape index (κ3) is 4.68. The SMILES string of the molecule is CN(Cc1cnn(C)c1)C(=O)C[C@@H](c1cccc(O)c1)c1ccccc1Cl. The van der Waals surface area contributed by atoms with Crippen LogP contribution >= 0.6 is 11.6 Å². The highest BCUT2D eigenvalue weighted by molar-refractivity contribution is 6.31. The third-order valence-corrected chi connectivity index (χ3v) is 4.88. The Morgan fingerprint density at radius 1 is 1.26 bits per heavy atom. The van der Waals surface area contributed by atoms with E-state index in [1.54, 1.807) is 41.0 Å². The van der Waals surface area contributed by atoms with E-state index in [2.05, 4.69) is 5.10 Å².